The molecule has 10 rings (SSSR count). The molecule has 19 heteroatoms. The molecule has 0 saturated carbocycles. The molecule has 0 spiro atoms. The molecule has 0 aliphatic heterocycles. The Bertz CT molecular complexity index is 3660. The SMILES string of the molecule is CC.CC.CC.CC.CO.COC(=O)c1ccc(/C=C/c2ccccc2)nc1.COC(=O)c1ccc(/C=C/c2ccccc2)nc1.COC(=O)c1ccc(/C=C/c2ccccc2)nc1.COC(=O)c1ccc(C)nc1.C[O-].O=C(O)c1ccc(/C=C/c2ccccc2)nc1.O=Cc1ccccc1.[Na+]. The van der Waals surface area contributed by atoms with Gasteiger partial charge in [-0.25, -0.2) is 24.0 Å². The topological polar surface area (TPSA) is 267 Å². The average Bonchev–Trinajstić information content (AvgIpc) is 0.943. The van der Waals surface area contributed by atoms with Gasteiger partial charge in [0.2, 0.25) is 0 Å². The van der Waals surface area contributed by atoms with E-state index in [1.807, 2.05) is 250 Å². The summed E-state index contributed by atoms with van der Waals surface area (Å²) in [5, 5.41) is 24.0. The van der Waals surface area contributed by atoms with E-state index in [9.17, 15) is 28.8 Å². The van der Waals surface area contributed by atoms with Crippen LogP contribution < -0.4 is 34.7 Å². The molecule has 0 aliphatic carbocycles. The van der Waals surface area contributed by atoms with E-state index in [-0.39, 0.29) is 59.0 Å². The summed E-state index contributed by atoms with van der Waals surface area (Å²) in [6.07, 6.45) is 23.6. The normalized spacial score (nSPS) is 9.25. The van der Waals surface area contributed by atoms with Crippen molar-refractivity contribution in [1.82, 2.24) is 24.9 Å². The number of carboxylic acid groups (broad SMARTS) is 1. The molecule has 0 aliphatic rings. The van der Waals surface area contributed by atoms with Crippen LogP contribution >= 0.6 is 0 Å². The summed E-state index contributed by atoms with van der Waals surface area (Å²) in [6.45, 7) is 17.9. The summed E-state index contributed by atoms with van der Waals surface area (Å²) in [5.74, 6) is -2.43. The molecule has 2 N–H and O–H groups in total. The minimum atomic E-state index is -0.962. The Morgan fingerprint density at radius 3 is 0.680 bits per heavy atom. The van der Waals surface area contributed by atoms with Gasteiger partial charge in [0.1, 0.15) is 6.29 Å². The minimum Gasteiger partial charge on any atom is -0.857 e. The van der Waals surface area contributed by atoms with Crippen LogP contribution in [0.1, 0.15) is 168 Å². The molecule has 0 unspecified atom stereocenters. The quantitative estimate of drug-likeness (QED) is 0.0443. The molecule has 5 aromatic heterocycles. The van der Waals surface area contributed by atoms with Gasteiger partial charge in [-0.15, -0.1) is 0 Å². The first-order valence-electron chi connectivity index (χ1n) is 32.4. The van der Waals surface area contributed by atoms with Crippen LogP contribution in [-0.2, 0) is 18.9 Å². The van der Waals surface area contributed by atoms with Crippen molar-refractivity contribution in [3.8, 4) is 0 Å². The van der Waals surface area contributed by atoms with Crippen molar-refractivity contribution < 1.29 is 92.6 Å². The number of aryl methyl sites for hydroxylation is 1. The van der Waals surface area contributed by atoms with Gasteiger partial charge in [0.05, 0.1) is 79.0 Å². The number of ether oxygens (including phenoxy) is 4. The Morgan fingerprint density at radius 1 is 0.311 bits per heavy atom. The van der Waals surface area contributed by atoms with E-state index in [4.69, 9.17) is 15.3 Å². The van der Waals surface area contributed by atoms with Gasteiger partial charge in [-0.3, -0.25) is 29.7 Å². The average molecular weight is 1410 g/mol. The fourth-order valence-electron chi connectivity index (χ4n) is 7.08. The first-order chi connectivity index (χ1) is 49.8. The van der Waals surface area contributed by atoms with E-state index < -0.39 is 5.97 Å². The number of methoxy groups -OCH3 is 4. The molecule has 5 aromatic carbocycles. The van der Waals surface area contributed by atoms with E-state index in [2.05, 4.69) is 43.9 Å². The van der Waals surface area contributed by atoms with Crippen LogP contribution in [0, 0.1) is 6.92 Å². The molecular weight excluding hydrogens is 1310 g/mol. The molecule has 0 bridgehead atoms. The van der Waals surface area contributed by atoms with Crippen molar-refractivity contribution in [2.24, 2.45) is 0 Å². The Balaban J connectivity index is -0.00000114. The predicted molar refractivity (Wildman–Crippen MR) is 411 cm³/mol. The van der Waals surface area contributed by atoms with Gasteiger partial charge in [-0.2, -0.15) is 7.11 Å². The van der Waals surface area contributed by atoms with E-state index in [0.717, 1.165) is 76.8 Å². The molecule has 0 fully saturated rings. The molecule has 0 atom stereocenters. The number of pyridine rings is 5. The Kier molecular flexibility index (Phi) is 59.7. The number of aromatic nitrogens is 5. The first-order valence-corrected chi connectivity index (χ1v) is 32.4. The number of carbonyl (C=O) groups is 6. The molecule has 103 heavy (non-hydrogen) atoms. The molecule has 536 valence electrons. The predicted octanol–water partition coefficient (Wildman–Crippen LogP) is 14.4. The molecular formula is C84H96N5NaO13. The molecule has 0 radical (unpaired) electrons. The van der Waals surface area contributed by atoms with Crippen LogP contribution in [0.5, 0.6) is 0 Å². The van der Waals surface area contributed by atoms with Crippen LogP contribution in [0.15, 0.2) is 243 Å². The third-order valence-corrected chi connectivity index (χ3v) is 11.9. The largest absolute Gasteiger partial charge is 1.00 e. The van der Waals surface area contributed by atoms with E-state index >= 15 is 0 Å². The maximum absolute atomic E-state index is 11.2. The number of aromatic carboxylic acids is 1. The fourth-order valence-corrected chi connectivity index (χ4v) is 7.08. The van der Waals surface area contributed by atoms with Crippen LogP contribution in [0.25, 0.3) is 48.6 Å². The van der Waals surface area contributed by atoms with Crippen LogP contribution in [0.4, 0.5) is 0 Å². The zero-order chi connectivity index (χ0) is 76.6. The van der Waals surface area contributed by atoms with Gasteiger partial charge in [0, 0.05) is 49.4 Å². The number of aliphatic hydroxyl groups excluding tert-OH is 1. The smallest absolute Gasteiger partial charge is 0.857 e. The number of aliphatic hydroxyl groups is 1. The van der Waals surface area contributed by atoms with Crippen molar-refractivity contribution in [2.45, 2.75) is 62.3 Å². The maximum Gasteiger partial charge on any atom is 1.00 e. The monoisotopic (exact) mass is 1410 g/mol. The first kappa shape index (κ1) is 95.9. The van der Waals surface area contributed by atoms with E-state index in [1.165, 1.54) is 59.4 Å². The summed E-state index contributed by atoms with van der Waals surface area (Å²) in [4.78, 5) is 85.7. The van der Waals surface area contributed by atoms with E-state index in [0.29, 0.717) is 22.3 Å². The molecule has 5 heterocycles. The van der Waals surface area contributed by atoms with Gasteiger partial charge in [-0.1, -0.05) is 231 Å². The third-order valence-electron chi connectivity index (χ3n) is 11.9. The standard InChI is InChI=1S/3C15H13NO2.C14H11NO2.C8H9NO2.C7H6O.4C2H6.CH4O.CH3O.Na/c3*1-18-15(17)13-8-10-14(16-11-13)9-7-12-5-3-2-4-6-12;16-14(17)12-7-9-13(15-10-12)8-6-11-4-2-1-3-5-11;1-6-3-4-7(5-9-6)8(10)11-2;8-6-7-4-2-1-3-5-7;6*1-2;/h3*2-11H,1H3;1-10H,(H,16,17);3-5H,1-2H3;1-6H;4*1-2H3;2H,1H3;1H3;/q;;;;;;;;;;;-1;+1/b3*9-7+;8-6+;;;;;;;;;. The second kappa shape index (κ2) is 64.1. The van der Waals surface area contributed by atoms with Crippen molar-refractivity contribution in [3.05, 3.63) is 327 Å². The Labute approximate surface area is 630 Å². The second-order valence-corrected chi connectivity index (χ2v) is 18.4. The van der Waals surface area contributed by atoms with Gasteiger partial charge in [0.15, 0.2) is 0 Å². The molecule has 18 nitrogen and oxygen atoms in total. The van der Waals surface area contributed by atoms with Gasteiger partial charge in [-0.05, 0) is 114 Å². The summed E-state index contributed by atoms with van der Waals surface area (Å²) < 4.78 is 18.3. The van der Waals surface area contributed by atoms with Gasteiger partial charge >= 0.3 is 59.4 Å². The molecule has 0 saturated heterocycles. The Morgan fingerprint density at radius 2 is 0.515 bits per heavy atom. The van der Waals surface area contributed by atoms with E-state index in [1.54, 1.807) is 72.8 Å². The van der Waals surface area contributed by atoms with Crippen molar-refractivity contribution in [3.63, 3.8) is 0 Å². The second-order valence-electron chi connectivity index (χ2n) is 18.4. The number of hydrogen-bond acceptors (Lipinski definition) is 17. The molecule has 10 aromatic rings. The van der Waals surface area contributed by atoms with Crippen LogP contribution in [0.3, 0.4) is 0 Å². The maximum atomic E-state index is 11.2. The van der Waals surface area contributed by atoms with Crippen molar-refractivity contribution in [1.29, 1.82) is 0 Å². The molecule has 0 amide bonds. The zero-order valence-electron chi connectivity index (χ0n) is 61.9. The zero-order valence-corrected chi connectivity index (χ0v) is 63.9. The number of hydrogen-bond donors (Lipinski definition) is 2. The van der Waals surface area contributed by atoms with Crippen molar-refractivity contribution in [2.75, 3.05) is 42.7 Å². The number of aldehydes is 1. The number of benzene rings is 5. The van der Waals surface area contributed by atoms with Crippen LogP contribution in [0.2, 0.25) is 0 Å². The van der Waals surface area contributed by atoms with Gasteiger partial charge < -0.3 is 34.3 Å². The number of esters is 4. The number of carboxylic acids is 1. The Hall–Kier alpha value is -11.3. The summed E-state index contributed by atoms with van der Waals surface area (Å²) in [6, 6.07) is 66.0. The number of rotatable bonds is 14. The van der Waals surface area contributed by atoms with Gasteiger partial charge in [0.25, 0.3) is 0 Å². The van der Waals surface area contributed by atoms with Crippen LogP contribution in [-0.4, -0.2) is 114 Å². The summed E-state index contributed by atoms with van der Waals surface area (Å²) in [7, 11) is 7.16. The number of carbonyl (C=O) groups excluding carboxylic acids is 5. The van der Waals surface area contributed by atoms with Crippen molar-refractivity contribution >= 4 is 84.7 Å². The number of nitrogens with zero attached hydrogens (tertiary/aromatic N) is 5. The summed E-state index contributed by atoms with van der Waals surface area (Å²) in [5.41, 5.74) is 11.2. The third kappa shape index (κ3) is 43.1. The summed E-state index contributed by atoms with van der Waals surface area (Å²) >= 11 is 0. The minimum absolute atomic E-state index is 0. The fraction of sp³-hybridized carbons (Fsp3) is 0.179.